The summed E-state index contributed by atoms with van der Waals surface area (Å²) in [6.07, 6.45) is 8.03. The van der Waals surface area contributed by atoms with Crippen molar-refractivity contribution >= 4 is 5.97 Å². The van der Waals surface area contributed by atoms with Crippen molar-refractivity contribution in [2.75, 3.05) is 0 Å². The standard InChI is InChI=1S/C15H20O2/c1-15(7-13(16)17)6-10-5-12(15)14-9-2-8(3-9)4-11(10)14/h2,9-12,14H,3-7H2,1H3,(H,16,17). The van der Waals surface area contributed by atoms with Crippen LogP contribution in [0.15, 0.2) is 11.6 Å². The van der Waals surface area contributed by atoms with E-state index in [-0.39, 0.29) is 5.41 Å². The molecule has 0 radical (unpaired) electrons. The largest absolute Gasteiger partial charge is 0.481 e. The lowest BCUT2D eigenvalue weighted by molar-refractivity contribution is -0.141. The van der Waals surface area contributed by atoms with Gasteiger partial charge in [-0.15, -0.1) is 0 Å². The Bertz CT molecular complexity index is 425. The van der Waals surface area contributed by atoms with Crippen LogP contribution in [0.3, 0.4) is 0 Å². The van der Waals surface area contributed by atoms with Gasteiger partial charge in [-0.05, 0) is 60.7 Å². The van der Waals surface area contributed by atoms with Gasteiger partial charge in [0.05, 0.1) is 6.42 Å². The first-order valence-corrected chi connectivity index (χ1v) is 6.98. The molecule has 5 aliphatic rings. The third kappa shape index (κ3) is 1.19. The lowest BCUT2D eigenvalue weighted by Crippen LogP contribution is -2.44. The van der Waals surface area contributed by atoms with Gasteiger partial charge in [0.15, 0.2) is 0 Å². The summed E-state index contributed by atoms with van der Waals surface area (Å²) in [7, 11) is 0. The van der Waals surface area contributed by atoms with E-state index in [9.17, 15) is 4.79 Å². The maximum Gasteiger partial charge on any atom is 0.303 e. The van der Waals surface area contributed by atoms with Gasteiger partial charge in [-0.25, -0.2) is 0 Å². The molecule has 2 heteroatoms. The van der Waals surface area contributed by atoms with E-state index in [2.05, 4.69) is 13.0 Å². The van der Waals surface area contributed by atoms with Crippen LogP contribution in [-0.4, -0.2) is 11.1 Å². The molecular formula is C15H20O2. The van der Waals surface area contributed by atoms with E-state index in [1.165, 1.54) is 25.7 Å². The fraction of sp³-hybridized carbons (Fsp3) is 0.800. The fourth-order valence-corrected chi connectivity index (χ4v) is 5.75. The Morgan fingerprint density at radius 2 is 2.29 bits per heavy atom. The molecular weight excluding hydrogens is 212 g/mol. The third-order valence-corrected chi connectivity index (χ3v) is 6.24. The number of aliphatic carboxylic acids is 1. The van der Waals surface area contributed by atoms with Crippen LogP contribution >= 0.6 is 0 Å². The van der Waals surface area contributed by atoms with Gasteiger partial charge in [0, 0.05) is 0 Å². The summed E-state index contributed by atoms with van der Waals surface area (Å²) < 4.78 is 0. The second-order valence-electron chi connectivity index (χ2n) is 7.17. The number of carboxylic acid groups (broad SMARTS) is 1. The van der Waals surface area contributed by atoms with Crippen molar-refractivity contribution in [1.82, 2.24) is 0 Å². The maximum atomic E-state index is 11.1. The zero-order chi connectivity index (χ0) is 11.8. The Balaban J connectivity index is 1.65. The van der Waals surface area contributed by atoms with Crippen LogP contribution in [0.1, 0.15) is 39.0 Å². The molecule has 5 rings (SSSR count). The topological polar surface area (TPSA) is 37.3 Å². The van der Waals surface area contributed by atoms with Gasteiger partial charge >= 0.3 is 5.97 Å². The van der Waals surface area contributed by atoms with Crippen LogP contribution in [0.2, 0.25) is 0 Å². The van der Waals surface area contributed by atoms with Crippen LogP contribution in [0.25, 0.3) is 0 Å². The predicted molar refractivity (Wildman–Crippen MR) is 64.4 cm³/mol. The molecule has 0 aliphatic heterocycles. The molecule has 6 atom stereocenters. The highest BCUT2D eigenvalue weighted by Gasteiger charge is 2.62. The van der Waals surface area contributed by atoms with E-state index < -0.39 is 5.97 Å². The minimum absolute atomic E-state index is 0.0958. The first-order chi connectivity index (χ1) is 8.07. The van der Waals surface area contributed by atoms with Crippen molar-refractivity contribution in [3.8, 4) is 0 Å². The minimum Gasteiger partial charge on any atom is -0.481 e. The smallest absolute Gasteiger partial charge is 0.303 e. The van der Waals surface area contributed by atoms with Crippen molar-refractivity contribution in [3.05, 3.63) is 11.6 Å². The van der Waals surface area contributed by atoms with Crippen molar-refractivity contribution in [2.24, 2.45) is 35.0 Å². The van der Waals surface area contributed by atoms with Gasteiger partial charge in [0.1, 0.15) is 0 Å². The zero-order valence-corrected chi connectivity index (χ0v) is 10.4. The summed E-state index contributed by atoms with van der Waals surface area (Å²) in [6, 6.07) is 0. The molecule has 0 aromatic rings. The van der Waals surface area contributed by atoms with Crippen LogP contribution < -0.4 is 0 Å². The number of hydrogen-bond donors (Lipinski definition) is 1. The third-order valence-electron chi connectivity index (χ3n) is 6.24. The molecule has 6 unspecified atom stereocenters. The molecule has 0 spiro atoms. The van der Waals surface area contributed by atoms with Gasteiger partial charge in [-0.2, -0.15) is 0 Å². The fourth-order valence-electron chi connectivity index (χ4n) is 5.75. The van der Waals surface area contributed by atoms with E-state index in [1.54, 1.807) is 5.57 Å². The highest BCUT2D eigenvalue weighted by Crippen LogP contribution is 2.69. The Morgan fingerprint density at radius 1 is 1.53 bits per heavy atom. The first kappa shape index (κ1) is 10.2. The Morgan fingerprint density at radius 3 is 3.00 bits per heavy atom. The highest BCUT2D eigenvalue weighted by molar-refractivity contribution is 5.68. The number of allylic oxidation sites excluding steroid dienone is 2. The normalized spacial score (nSPS) is 53.9. The van der Waals surface area contributed by atoms with Gasteiger partial charge < -0.3 is 5.11 Å². The SMILES string of the molecule is CC1(CC(=O)O)CC2CC1C1C3C=C(C3)CC21. The maximum absolute atomic E-state index is 11.1. The molecule has 3 saturated carbocycles. The lowest BCUT2D eigenvalue weighted by atomic mass is 9.53. The Labute approximate surface area is 102 Å². The number of hydrogen-bond acceptors (Lipinski definition) is 1. The second kappa shape index (κ2) is 2.96. The Hall–Kier alpha value is -0.790. The molecule has 5 aliphatic carbocycles. The molecule has 0 amide bonds. The van der Waals surface area contributed by atoms with Crippen LogP contribution in [-0.2, 0) is 4.79 Å². The van der Waals surface area contributed by atoms with Gasteiger partial charge in [0.2, 0.25) is 0 Å². The quantitative estimate of drug-likeness (QED) is 0.743. The van der Waals surface area contributed by atoms with E-state index in [1.807, 2.05) is 0 Å². The molecule has 0 heterocycles. The van der Waals surface area contributed by atoms with Crippen molar-refractivity contribution < 1.29 is 9.90 Å². The predicted octanol–water partition coefficient (Wildman–Crippen LogP) is 3.09. The molecule has 0 aromatic carbocycles. The summed E-state index contributed by atoms with van der Waals surface area (Å²) in [4.78, 5) is 11.1. The summed E-state index contributed by atoms with van der Waals surface area (Å²) >= 11 is 0. The highest BCUT2D eigenvalue weighted by atomic mass is 16.4. The van der Waals surface area contributed by atoms with Gasteiger partial charge in [0.25, 0.3) is 0 Å². The van der Waals surface area contributed by atoms with Gasteiger partial charge in [-0.3, -0.25) is 4.79 Å². The van der Waals surface area contributed by atoms with Gasteiger partial charge in [-0.1, -0.05) is 18.6 Å². The summed E-state index contributed by atoms with van der Waals surface area (Å²) in [5, 5.41) is 9.13. The van der Waals surface area contributed by atoms with Crippen LogP contribution in [0, 0.1) is 35.0 Å². The van der Waals surface area contributed by atoms with Crippen molar-refractivity contribution in [3.63, 3.8) is 0 Å². The molecule has 3 fully saturated rings. The van der Waals surface area contributed by atoms with E-state index in [0.29, 0.717) is 12.3 Å². The number of carbonyl (C=O) groups is 1. The molecule has 92 valence electrons. The first-order valence-electron chi connectivity index (χ1n) is 6.98. The average molecular weight is 232 g/mol. The van der Waals surface area contributed by atoms with E-state index >= 15 is 0 Å². The van der Waals surface area contributed by atoms with Crippen molar-refractivity contribution in [1.29, 1.82) is 0 Å². The lowest BCUT2D eigenvalue weighted by Gasteiger charge is -2.51. The second-order valence-corrected chi connectivity index (χ2v) is 7.17. The Kier molecular flexibility index (Phi) is 1.77. The summed E-state index contributed by atoms with van der Waals surface area (Å²) in [5.74, 6) is 3.48. The minimum atomic E-state index is -0.600. The monoisotopic (exact) mass is 232 g/mol. The molecule has 17 heavy (non-hydrogen) atoms. The molecule has 4 bridgehead atoms. The molecule has 1 N–H and O–H groups in total. The number of carboxylic acids is 1. The summed E-state index contributed by atoms with van der Waals surface area (Å²) in [5.41, 5.74) is 1.79. The summed E-state index contributed by atoms with van der Waals surface area (Å²) in [6.45, 7) is 2.24. The van der Waals surface area contributed by atoms with E-state index in [4.69, 9.17) is 5.11 Å². The molecule has 0 saturated heterocycles. The molecule has 2 nitrogen and oxygen atoms in total. The van der Waals surface area contributed by atoms with Crippen LogP contribution in [0.4, 0.5) is 0 Å². The van der Waals surface area contributed by atoms with Crippen molar-refractivity contribution in [2.45, 2.75) is 39.0 Å². The van der Waals surface area contributed by atoms with Crippen LogP contribution in [0.5, 0.6) is 0 Å². The number of fused-ring (bicyclic) bond motifs is 2. The van der Waals surface area contributed by atoms with E-state index in [0.717, 1.165) is 23.7 Å². The average Bonchev–Trinajstić information content (AvgIpc) is 2.69. The number of rotatable bonds is 2. The zero-order valence-electron chi connectivity index (χ0n) is 10.4. The molecule has 0 aromatic heterocycles.